The summed E-state index contributed by atoms with van der Waals surface area (Å²) in [6, 6.07) is 4.31. The number of hydrazone groups is 1. The molecule has 0 saturated heterocycles. The molecule has 9 nitrogen and oxygen atoms in total. The van der Waals surface area contributed by atoms with Crippen LogP contribution in [0.3, 0.4) is 0 Å². The zero-order valence-electron chi connectivity index (χ0n) is 21.3. The highest BCUT2D eigenvalue weighted by Crippen LogP contribution is 2.45. The largest absolute Gasteiger partial charge is 0.383 e. The van der Waals surface area contributed by atoms with Crippen LogP contribution in [0.15, 0.2) is 29.0 Å². The van der Waals surface area contributed by atoms with Crippen molar-refractivity contribution in [2.45, 2.75) is 56.9 Å². The van der Waals surface area contributed by atoms with Crippen molar-refractivity contribution >= 4 is 34.6 Å². The topological polar surface area (TPSA) is 108 Å². The Bertz CT molecular complexity index is 1220. The van der Waals surface area contributed by atoms with Crippen LogP contribution in [0.1, 0.15) is 55.8 Å². The molecule has 2 amide bonds. The second-order valence-electron chi connectivity index (χ2n) is 10.0. The standard InChI is InChI=1S/C27H35N5O4/c1-4-17-6-5-7-19-20-10-24-21(11-22(20)31-23(19)13-29-28-12-17)27(15-35-2,16-36-3)26(34)32(24)14-25(33)30-18-8-9-18/h10-13,18,28,31H,4-9,14-16H2,1-3H3,(H,30,33)/b17-12+,29-13+. The second-order valence-corrected chi connectivity index (χ2v) is 10.0. The van der Waals surface area contributed by atoms with E-state index in [4.69, 9.17) is 9.47 Å². The molecule has 1 aromatic carbocycles. The Morgan fingerprint density at radius 3 is 2.69 bits per heavy atom. The number of hydrogen-bond donors (Lipinski definition) is 3. The van der Waals surface area contributed by atoms with Gasteiger partial charge in [0, 0.05) is 43.1 Å². The summed E-state index contributed by atoms with van der Waals surface area (Å²) in [5.74, 6) is -0.309. The maximum absolute atomic E-state index is 13.9. The predicted molar refractivity (Wildman–Crippen MR) is 139 cm³/mol. The average Bonchev–Trinajstić information content (AvgIpc) is 3.58. The van der Waals surface area contributed by atoms with Crippen LogP contribution in [-0.4, -0.2) is 63.0 Å². The number of anilines is 1. The van der Waals surface area contributed by atoms with E-state index < -0.39 is 5.41 Å². The van der Waals surface area contributed by atoms with Gasteiger partial charge in [0.05, 0.1) is 25.1 Å². The van der Waals surface area contributed by atoms with E-state index in [1.165, 1.54) is 11.1 Å². The summed E-state index contributed by atoms with van der Waals surface area (Å²) in [4.78, 5) is 31.8. The van der Waals surface area contributed by atoms with Crippen molar-refractivity contribution in [3.8, 4) is 0 Å². The van der Waals surface area contributed by atoms with Gasteiger partial charge in [-0.05, 0) is 61.8 Å². The number of ether oxygens (including phenoxy) is 2. The van der Waals surface area contributed by atoms with E-state index in [2.05, 4.69) is 33.8 Å². The number of amides is 2. The molecule has 5 rings (SSSR count). The van der Waals surface area contributed by atoms with E-state index in [1.807, 2.05) is 18.5 Å². The van der Waals surface area contributed by atoms with Gasteiger partial charge in [0.15, 0.2) is 0 Å². The number of aryl methyl sites for hydroxylation is 1. The van der Waals surface area contributed by atoms with Gasteiger partial charge in [-0.25, -0.2) is 0 Å². The fourth-order valence-corrected chi connectivity index (χ4v) is 5.46. The second kappa shape index (κ2) is 10.1. The first-order chi connectivity index (χ1) is 17.5. The van der Waals surface area contributed by atoms with E-state index in [9.17, 15) is 9.59 Å². The van der Waals surface area contributed by atoms with Gasteiger partial charge in [0.2, 0.25) is 11.8 Å². The molecule has 0 spiro atoms. The van der Waals surface area contributed by atoms with Gasteiger partial charge in [-0.2, -0.15) is 5.10 Å². The molecule has 3 heterocycles. The van der Waals surface area contributed by atoms with Crippen LogP contribution in [0, 0.1) is 0 Å². The van der Waals surface area contributed by atoms with Crippen molar-refractivity contribution in [3.63, 3.8) is 0 Å². The van der Waals surface area contributed by atoms with Gasteiger partial charge in [0.25, 0.3) is 0 Å². The molecule has 0 bridgehead atoms. The lowest BCUT2D eigenvalue weighted by Crippen LogP contribution is -2.49. The molecule has 0 radical (unpaired) electrons. The van der Waals surface area contributed by atoms with Crippen LogP contribution in [0.4, 0.5) is 5.69 Å². The molecule has 1 aromatic heterocycles. The molecular formula is C27H35N5O4. The van der Waals surface area contributed by atoms with Crippen molar-refractivity contribution in [1.82, 2.24) is 15.7 Å². The number of hydrogen-bond acceptors (Lipinski definition) is 6. The summed E-state index contributed by atoms with van der Waals surface area (Å²) < 4.78 is 11.1. The Balaban J connectivity index is 1.60. The number of allylic oxidation sites excluding steroid dienone is 1. The Hall–Kier alpha value is -3.17. The molecule has 0 unspecified atom stereocenters. The molecule has 3 N–H and O–H groups in total. The van der Waals surface area contributed by atoms with Crippen molar-refractivity contribution in [1.29, 1.82) is 0 Å². The third kappa shape index (κ3) is 4.41. The van der Waals surface area contributed by atoms with Gasteiger partial charge in [-0.1, -0.05) is 12.5 Å². The van der Waals surface area contributed by atoms with E-state index in [0.717, 1.165) is 66.4 Å². The number of aromatic amines is 1. The van der Waals surface area contributed by atoms with E-state index in [-0.39, 0.29) is 37.6 Å². The molecule has 1 saturated carbocycles. The molecule has 192 valence electrons. The molecule has 36 heavy (non-hydrogen) atoms. The van der Waals surface area contributed by atoms with Crippen molar-refractivity contribution in [2.24, 2.45) is 5.10 Å². The zero-order chi connectivity index (χ0) is 25.3. The minimum Gasteiger partial charge on any atom is -0.383 e. The smallest absolute Gasteiger partial charge is 0.242 e. The summed E-state index contributed by atoms with van der Waals surface area (Å²) in [7, 11) is 3.17. The lowest BCUT2D eigenvalue weighted by Gasteiger charge is -2.27. The molecular weight excluding hydrogens is 458 g/mol. The number of benzene rings is 1. The van der Waals surface area contributed by atoms with Crippen LogP contribution in [0.2, 0.25) is 0 Å². The summed E-state index contributed by atoms with van der Waals surface area (Å²) in [5.41, 5.74) is 7.97. The quantitative estimate of drug-likeness (QED) is 0.524. The number of H-pyrrole nitrogens is 1. The first kappa shape index (κ1) is 24.5. The maximum Gasteiger partial charge on any atom is 0.242 e. The zero-order valence-corrected chi connectivity index (χ0v) is 21.3. The highest BCUT2D eigenvalue weighted by Gasteiger charge is 2.52. The lowest BCUT2D eigenvalue weighted by molar-refractivity contribution is -0.129. The van der Waals surface area contributed by atoms with Gasteiger partial charge in [-0.15, -0.1) is 0 Å². The van der Waals surface area contributed by atoms with Crippen molar-refractivity contribution < 1.29 is 19.1 Å². The van der Waals surface area contributed by atoms with Crippen LogP contribution in [0.25, 0.3) is 10.9 Å². The van der Waals surface area contributed by atoms with Gasteiger partial charge >= 0.3 is 0 Å². The minimum absolute atomic E-state index is 0.0222. The number of carbonyl (C=O) groups excluding carboxylic acids is 2. The van der Waals surface area contributed by atoms with E-state index >= 15 is 0 Å². The first-order valence-electron chi connectivity index (χ1n) is 12.8. The molecule has 2 aromatic rings. The number of aromatic nitrogens is 1. The number of nitrogens with one attached hydrogen (secondary N) is 3. The van der Waals surface area contributed by atoms with E-state index in [0.29, 0.717) is 0 Å². The number of nitrogens with zero attached hydrogens (tertiary/aromatic N) is 2. The Kier molecular flexibility index (Phi) is 6.85. The molecule has 1 fully saturated rings. The molecule has 0 atom stereocenters. The van der Waals surface area contributed by atoms with E-state index in [1.54, 1.807) is 19.1 Å². The third-order valence-electron chi connectivity index (χ3n) is 7.46. The Morgan fingerprint density at radius 2 is 2.00 bits per heavy atom. The van der Waals surface area contributed by atoms with Gasteiger partial charge in [-0.3, -0.25) is 15.0 Å². The summed E-state index contributed by atoms with van der Waals surface area (Å²) >= 11 is 0. The molecule has 2 aliphatic heterocycles. The van der Waals surface area contributed by atoms with Crippen LogP contribution < -0.4 is 15.6 Å². The van der Waals surface area contributed by atoms with Crippen LogP contribution in [-0.2, 0) is 30.9 Å². The highest BCUT2D eigenvalue weighted by atomic mass is 16.5. The highest BCUT2D eigenvalue weighted by molar-refractivity contribution is 6.13. The maximum atomic E-state index is 13.9. The molecule has 9 heteroatoms. The van der Waals surface area contributed by atoms with Crippen molar-refractivity contribution in [3.05, 3.63) is 40.7 Å². The third-order valence-corrected chi connectivity index (χ3v) is 7.46. The number of rotatable bonds is 8. The SMILES string of the molecule is CC/C1=C\N/N=C/c2[nH]c3cc4c(cc3c2CCC1)N(CC(=O)NC1CC1)C(=O)C4(COC)COC. The Labute approximate surface area is 211 Å². The number of methoxy groups -OCH3 is 2. The predicted octanol–water partition coefficient (Wildman–Crippen LogP) is 2.88. The summed E-state index contributed by atoms with van der Waals surface area (Å²) in [6.07, 6.45) is 9.66. The molecule has 3 aliphatic rings. The normalized spacial score (nSPS) is 21.4. The fraction of sp³-hybridized carbons (Fsp3) is 0.519. The van der Waals surface area contributed by atoms with Crippen molar-refractivity contribution in [2.75, 3.05) is 38.9 Å². The minimum atomic E-state index is -1.02. The van der Waals surface area contributed by atoms with Crippen LogP contribution >= 0.6 is 0 Å². The first-order valence-corrected chi connectivity index (χ1v) is 12.8. The number of carbonyl (C=O) groups is 2. The summed E-state index contributed by atoms with van der Waals surface area (Å²) in [6.45, 7) is 2.46. The van der Waals surface area contributed by atoms with Gasteiger partial charge in [0.1, 0.15) is 12.0 Å². The number of fused-ring (bicyclic) bond motifs is 4. The summed E-state index contributed by atoms with van der Waals surface area (Å²) in [5, 5.41) is 8.45. The van der Waals surface area contributed by atoms with Crippen LogP contribution in [0.5, 0.6) is 0 Å². The van der Waals surface area contributed by atoms with Gasteiger partial charge < -0.3 is 24.7 Å². The fourth-order valence-electron chi connectivity index (χ4n) is 5.46. The monoisotopic (exact) mass is 493 g/mol. The average molecular weight is 494 g/mol. The molecule has 1 aliphatic carbocycles. The lowest BCUT2D eigenvalue weighted by atomic mass is 9.82. The Morgan fingerprint density at radius 1 is 1.22 bits per heavy atom.